The van der Waals surface area contributed by atoms with E-state index in [1.165, 1.54) is 32.8 Å². The predicted molar refractivity (Wildman–Crippen MR) is 232 cm³/mol. The van der Waals surface area contributed by atoms with E-state index in [0.717, 1.165) is 82.9 Å². The van der Waals surface area contributed by atoms with Crippen LogP contribution in [0.4, 0.5) is 0 Å². The zero-order valence-corrected chi connectivity index (χ0v) is 30.0. The predicted octanol–water partition coefficient (Wildman–Crippen LogP) is 13.4. The molecule has 0 saturated heterocycles. The molecule has 260 valence electrons. The van der Waals surface area contributed by atoms with E-state index in [2.05, 4.69) is 183 Å². The third kappa shape index (κ3) is 3.95. The number of hydrogen-bond donors (Lipinski definition) is 0. The van der Waals surface area contributed by atoms with Gasteiger partial charge in [-0.2, -0.15) is 0 Å². The minimum absolute atomic E-state index is 0.884. The van der Waals surface area contributed by atoms with Gasteiger partial charge in [-0.3, -0.25) is 4.40 Å². The van der Waals surface area contributed by atoms with Crippen molar-refractivity contribution in [3.63, 3.8) is 0 Å². The largest absolute Gasteiger partial charge is 0.456 e. The molecule has 5 heteroatoms. The van der Waals surface area contributed by atoms with Crippen molar-refractivity contribution in [1.29, 1.82) is 0 Å². The van der Waals surface area contributed by atoms with Crippen molar-refractivity contribution in [2.24, 2.45) is 0 Å². The fraction of sp³-hybridized carbons (Fsp3) is 0. The highest BCUT2D eigenvalue weighted by molar-refractivity contribution is 6.22. The van der Waals surface area contributed by atoms with Crippen molar-refractivity contribution >= 4 is 93.1 Å². The van der Waals surface area contributed by atoms with Gasteiger partial charge in [0.2, 0.25) is 0 Å². The first-order valence-electron chi connectivity index (χ1n) is 19.1. The van der Waals surface area contributed by atoms with Crippen molar-refractivity contribution in [1.82, 2.24) is 18.5 Å². The smallest absolute Gasteiger partial charge is 0.146 e. The van der Waals surface area contributed by atoms with Crippen LogP contribution in [0.5, 0.6) is 0 Å². The van der Waals surface area contributed by atoms with Crippen LogP contribution in [0.25, 0.3) is 116 Å². The highest BCUT2D eigenvalue weighted by Gasteiger charge is 2.23. The molecule has 0 spiro atoms. The molecule has 0 aliphatic rings. The Morgan fingerprint density at radius 2 is 0.982 bits per heavy atom. The van der Waals surface area contributed by atoms with Crippen LogP contribution >= 0.6 is 0 Å². The van der Waals surface area contributed by atoms with E-state index in [-0.39, 0.29) is 0 Å². The zero-order valence-electron chi connectivity index (χ0n) is 30.0. The molecule has 5 aromatic heterocycles. The van der Waals surface area contributed by atoms with E-state index in [1.54, 1.807) is 0 Å². The maximum Gasteiger partial charge on any atom is 0.146 e. The monoisotopic (exact) mass is 714 g/mol. The fourth-order valence-electron chi connectivity index (χ4n) is 9.38. The van der Waals surface area contributed by atoms with Crippen LogP contribution < -0.4 is 0 Å². The van der Waals surface area contributed by atoms with E-state index in [1.807, 2.05) is 12.1 Å². The van der Waals surface area contributed by atoms with Crippen LogP contribution in [0.1, 0.15) is 0 Å². The Kier molecular flexibility index (Phi) is 5.83. The van der Waals surface area contributed by atoms with Crippen LogP contribution in [0, 0.1) is 0 Å². The van der Waals surface area contributed by atoms with Gasteiger partial charge in [0.15, 0.2) is 0 Å². The summed E-state index contributed by atoms with van der Waals surface area (Å²) in [6.07, 6.45) is 0. The van der Waals surface area contributed by atoms with Gasteiger partial charge in [-0.15, -0.1) is 0 Å². The summed E-state index contributed by atoms with van der Waals surface area (Å²) in [6, 6.07) is 65.4. The third-order valence-electron chi connectivity index (χ3n) is 11.8. The van der Waals surface area contributed by atoms with Gasteiger partial charge in [0.05, 0.1) is 38.6 Å². The number of nitrogens with zero attached hydrogens (tertiary/aromatic N) is 4. The molecule has 0 amide bonds. The minimum atomic E-state index is 0.884. The Balaban J connectivity index is 1.15. The normalized spacial score (nSPS) is 12.3. The van der Waals surface area contributed by atoms with Crippen molar-refractivity contribution in [3.8, 4) is 22.5 Å². The number of para-hydroxylation sites is 5. The number of fused-ring (bicyclic) bond motifs is 16. The third-order valence-corrected chi connectivity index (χ3v) is 11.8. The number of pyridine rings is 1. The van der Waals surface area contributed by atoms with E-state index in [9.17, 15) is 0 Å². The molecule has 0 radical (unpaired) electrons. The van der Waals surface area contributed by atoms with Gasteiger partial charge in [0, 0.05) is 49.1 Å². The summed E-state index contributed by atoms with van der Waals surface area (Å²) in [4.78, 5) is 5.26. The summed E-state index contributed by atoms with van der Waals surface area (Å²) in [6.45, 7) is 0. The number of aromatic nitrogens is 4. The molecule has 0 saturated carbocycles. The molecule has 56 heavy (non-hydrogen) atoms. The van der Waals surface area contributed by atoms with Gasteiger partial charge in [-0.1, -0.05) is 103 Å². The lowest BCUT2D eigenvalue weighted by molar-refractivity contribution is 0.669. The average Bonchev–Trinajstić information content (AvgIpc) is 4.01. The second kappa shape index (κ2) is 11.0. The summed E-state index contributed by atoms with van der Waals surface area (Å²) >= 11 is 0. The van der Waals surface area contributed by atoms with Gasteiger partial charge in [0.1, 0.15) is 16.8 Å². The van der Waals surface area contributed by atoms with E-state index < -0.39 is 0 Å². The lowest BCUT2D eigenvalue weighted by Gasteiger charge is -2.11. The molecule has 5 nitrogen and oxygen atoms in total. The maximum atomic E-state index is 6.29. The van der Waals surface area contributed by atoms with E-state index >= 15 is 0 Å². The molecule has 0 fully saturated rings. The molecular weight excluding hydrogens is 685 g/mol. The van der Waals surface area contributed by atoms with Crippen molar-refractivity contribution in [3.05, 3.63) is 182 Å². The Morgan fingerprint density at radius 1 is 0.357 bits per heavy atom. The zero-order chi connectivity index (χ0) is 36.5. The Bertz CT molecular complexity index is 3770. The van der Waals surface area contributed by atoms with E-state index in [0.29, 0.717) is 0 Å². The molecule has 0 unspecified atom stereocenters. The van der Waals surface area contributed by atoms with Crippen molar-refractivity contribution in [2.45, 2.75) is 0 Å². The topological polar surface area (TPSA) is 40.3 Å². The highest BCUT2D eigenvalue weighted by Crippen LogP contribution is 2.43. The first-order valence-corrected chi connectivity index (χ1v) is 19.1. The van der Waals surface area contributed by atoms with Crippen LogP contribution in [0.3, 0.4) is 0 Å². The number of rotatable bonds is 3. The maximum absolute atomic E-state index is 6.29. The van der Waals surface area contributed by atoms with Gasteiger partial charge in [-0.05, 0) is 90.0 Å². The van der Waals surface area contributed by atoms with Gasteiger partial charge < -0.3 is 13.6 Å². The second-order valence-electron chi connectivity index (χ2n) is 14.8. The minimum Gasteiger partial charge on any atom is -0.456 e. The number of imidazole rings is 1. The van der Waals surface area contributed by atoms with Crippen LogP contribution in [-0.4, -0.2) is 18.5 Å². The summed E-state index contributed by atoms with van der Waals surface area (Å²) in [5, 5.41) is 8.15. The number of furan rings is 1. The molecule has 5 heterocycles. The van der Waals surface area contributed by atoms with Gasteiger partial charge in [0.25, 0.3) is 0 Å². The van der Waals surface area contributed by atoms with E-state index in [4.69, 9.17) is 9.40 Å². The first-order chi connectivity index (χ1) is 27.8. The standard InChI is InChI=1S/C51H30N4O/c1-2-12-33(13-3-1)53-43-19-9-6-14-35(43)39-28-31(22-25-44(39)53)32-23-26-45-41(29-32)50-49(54(45)34-24-27-48-40(30-34)36-15-7-11-21-47(36)56-48)37-16-4-5-17-38(37)51-52-42-18-8-10-20-46(42)55(50)51/h1-30H. The van der Waals surface area contributed by atoms with Crippen molar-refractivity contribution in [2.75, 3.05) is 0 Å². The highest BCUT2D eigenvalue weighted by atomic mass is 16.3. The second-order valence-corrected chi connectivity index (χ2v) is 14.8. The Morgan fingerprint density at radius 3 is 1.82 bits per heavy atom. The summed E-state index contributed by atoms with van der Waals surface area (Å²) in [7, 11) is 0. The first kappa shape index (κ1) is 29.8. The molecule has 13 aromatic rings. The average molecular weight is 715 g/mol. The molecule has 0 bridgehead atoms. The molecule has 0 aliphatic carbocycles. The van der Waals surface area contributed by atoms with Crippen LogP contribution in [-0.2, 0) is 0 Å². The Labute approximate surface area is 319 Å². The molecule has 8 aromatic carbocycles. The quantitative estimate of drug-likeness (QED) is 0.183. The molecule has 13 rings (SSSR count). The molecule has 0 aliphatic heterocycles. The lowest BCUT2D eigenvalue weighted by atomic mass is 10.0. The SMILES string of the molecule is c1ccc(-n2c3ccccc3c3cc(-c4ccc5c(c4)c4c(c6ccccc6c6nc7ccccc7n64)n5-c4ccc5oc6ccccc6c5c4)ccc32)cc1. The summed E-state index contributed by atoms with van der Waals surface area (Å²) in [5.41, 5.74) is 15.2. The number of benzene rings is 8. The fourth-order valence-corrected chi connectivity index (χ4v) is 9.38. The molecule has 0 N–H and O–H groups in total. The summed E-state index contributed by atoms with van der Waals surface area (Å²) in [5.74, 6) is 0. The molecular formula is C51H30N4O. The van der Waals surface area contributed by atoms with Crippen LogP contribution in [0.15, 0.2) is 186 Å². The van der Waals surface area contributed by atoms with Gasteiger partial charge in [-0.25, -0.2) is 4.98 Å². The Hall–Kier alpha value is -7.63. The van der Waals surface area contributed by atoms with Gasteiger partial charge >= 0.3 is 0 Å². The molecule has 0 atom stereocenters. The summed E-state index contributed by atoms with van der Waals surface area (Å²) < 4.78 is 13.5. The lowest BCUT2D eigenvalue weighted by Crippen LogP contribution is -1.96. The number of hydrogen-bond acceptors (Lipinski definition) is 2. The van der Waals surface area contributed by atoms with Crippen molar-refractivity contribution < 1.29 is 4.42 Å². The van der Waals surface area contributed by atoms with Crippen LogP contribution in [0.2, 0.25) is 0 Å².